The van der Waals surface area contributed by atoms with E-state index in [9.17, 15) is 13.2 Å². The molecule has 0 aromatic heterocycles. The number of sulfonamides is 1. The molecule has 2 N–H and O–H groups in total. The highest BCUT2D eigenvalue weighted by Crippen LogP contribution is 2.28. The lowest BCUT2D eigenvalue weighted by atomic mass is 10.1. The third kappa shape index (κ3) is 4.83. The van der Waals surface area contributed by atoms with Crippen molar-refractivity contribution in [3.8, 4) is 0 Å². The number of halogens is 2. The van der Waals surface area contributed by atoms with Crippen molar-refractivity contribution in [1.82, 2.24) is 14.9 Å². The normalized spacial score (nSPS) is 16.1. The third-order valence-electron chi connectivity index (χ3n) is 4.07. The maximum Gasteiger partial charge on any atom is 0.243 e. The van der Waals surface area contributed by atoms with Gasteiger partial charge in [-0.25, -0.2) is 13.1 Å². The van der Waals surface area contributed by atoms with Crippen molar-refractivity contribution in [2.24, 2.45) is 0 Å². The first kappa shape index (κ1) is 19.5. The maximum absolute atomic E-state index is 12.3. The van der Waals surface area contributed by atoms with Crippen molar-refractivity contribution in [3.63, 3.8) is 0 Å². The molecule has 0 radical (unpaired) electrons. The molecule has 134 valence electrons. The Hall–Kier alpha value is -0.860. The fourth-order valence-corrected chi connectivity index (χ4v) is 4.85. The third-order valence-corrected chi connectivity index (χ3v) is 6.48. The number of amides is 1. The minimum Gasteiger partial charge on any atom is -0.343 e. The molecule has 0 unspecified atom stereocenters. The van der Waals surface area contributed by atoms with Gasteiger partial charge in [-0.2, -0.15) is 0 Å². The predicted octanol–water partition coefficient (Wildman–Crippen LogP) is 1.87. The Labute approximate surface area is 152 Å². The van der Waals surface area contributed by atoms with Crippen LogP contribution in [-0.4, -0.2) is 51.9 Å². The van der Waals surface area contributed by atoms with Crippen LogP contribution >= 0.6 is 23.2 Å². The van der Waals surface area contributed by atoms with Gasteiger partial charge in [0.05, 0.1) is 10.0 Å². The van der Waals surface area contributed by atoms with Crippen LogP contribution in [0.4, 0.5) is 0 Å². The zero-order valence-electron chi connectivity index (χ0n) is 13.4. The first-order chi connectivity index (χ1) is 11.3. The number of rotatable bonds is 6. The van der Waals surface area contributed by atoms with Gasteiger partial charge < -0.3 is 10.2 Å². The number of nitrogens with zero attached hydrogens (tertiary/aromatic N) is 1. The molecule has 0 bridgehead atoms. The second-order valence-electron chi connectivity index (χ2n) is 5.68. The highest BCUT2D eigenvalue weighted by atomic mass is 35.5. The summed E-state index contributed by atoms with van der Waals surface area (Å²) >= 11 is 11.8. The SMILES string of the molecule is CN(C(=O)CCNS(=O)(=O)c1c(Cl)cccc1Cl)C1CCNCC1. The van der Waals surface area contributed by atoms with Crippen LogP contribution in [0, 0.1) is 0 Å². The van der Waals surface area contributed by atoms with Gasteiger partial charge in [-0.15, -0.1) is 0 Å². The highest BCUT2D eigenvalue weighted by molar-refractivity contribution is 7.89. The van der Waals surface area contributed by atoms with E-state index >= 15 is 0 Å². The van der Waals surface area contributed by atoms with E-state index in [0.29, 0.717) is 0 Å². The molecule has 24 heavy (non-hydrogen) atoms. The summed E-state index contributed by atoms with van der Waals surface area (Å²) in [6, 6.07) is 4.69. The van der Waals surface area contributed by atoms with E-state index in [1.807, 2.05) is 0 Å². The molecular weight excluding hydrogens is 373 g/mol. The summed E-state index contributed by atoms with van der Waals surface area (Å²) in [5, 5.41) is 3.34. The van der Waals surface area contributed by atoms with Gasteiger partial charge in [-0.3, -0.25) is 4.79 Å². The zero-order valence-corrected chi connectivity index (χ0v) is 15.7. The van der Waals surface area contributed by atoms with E-state index in [0.717, 1.165) is 25.9 Å². The number of benzene rings is 1. The topological polar surface area (TPSA) is 78.5 Å². The molecular formula is C15H21Cl2N3O3S. The number of hydrogen-bond acceptors (Lipinski definition) is 4. The Kier molecular flexibility index (Phi) is 6.88. The Balaban J connectivity index is 1.92. The summed E-state index contributed by atoms with van der Waals surface area (Å²) in [6.45, 7) is 1.78. The molecule has 1 aromatic rings. The van der Waals surface area contributed by atoms with Crippen LogP contribution in [0.3, 0.4) is 0 Å². The quantitative estimate of drug-likeness (QED) is 0.772. The van der Waals surface area contributed by atoms with Crippen LogP contribution < -0.4 is 10.0 Å². The fourth-order valence-electron chi connectivity index (χ4n) is 2.68. The molecule has 9 heteroatoms. The van der Waals surface area contributed by atoms with Gasteiger partial charge in [0.25, 0.3) is 0 Å². The Morgan fingerprint density at radius 1 is 1.29 bits per heavy atom. The molecule has 1 amide bonds. The average molecular weight is 394 g/mol. The summed E-state index contributed by atoms with van der Waals surface area (Å²) in [5.41, 5.74) is 0. The smallest absolute Gasteiger partial charge is 0.243 e. The van der Waals surface area contributed by atoms with Crippen LogP contribution in [0.1, 0.15) is 19.3 Å². The summed E-state index contributed by atoms with van der Waals surface area (Å²) in [6.07, 6.45) is 1.90. The number of piperidine rings is 1. The molecule has 1 aliphatic rings. The number of carbonyl (C=O) groups is 1. The largest absolute Gasteiger partial charge is 0.343 e. The molecule has 1 aromatic carbocycles. The van der Waals surface area contributed by atoms with Gasteiger partial charge in [-0.05, 0) is 38.1 Å². The lowest BCUT2D eigenvalue weighted by Gasteiger charge is -2.31. The minimum atomic E-state index is -3.86. The Morgan fingerprint density at radius 3 is 2.46 bits per heavy atom. The molecule has 1 aliphatic heterocycles. The van der Waals surface area contributed by atoms with Gasteiger partial charge in [0.1, 0.15) is 4.90 Å². The molecule has 0 atom stereocenters. The van der Waals surface area contributed by atoms with E-state index in [1.165, 1.54) is 12.1 Å². The number of hydrogen-bond donors (Lipinski definition) is 2. The molecule has 1 fully saturated rings. The van der Waals surface area contributed by atoms with Crippen LogP contribution in [0.25, 0.3) is 0 Å². The van der Waals surface area contributed by atoms with Crippen LogP contribution in [0.15, 0.2) is 23.1 Å². The molecule has 1 heterocycles. The van der Waals surface area contributed by atoms with Crippen LogP contribution in [0.5, 0.6) is 0 Å². The molecule has 2 rings (SSSR count). The molecule has 6 nitrogen and oxygen atoms in total. The summed E-state index contributed by atoms with van der Waals surface area (Å²) in [7, 11) is -2.10. The van der Waals surface area contributed by atoms with Crippen molar-refractivity contribution in [2.45, 2.75) is 30.2 Å². The van der Waals surface area contributed by atoms with Crippen molar-refractivity contribution in [3.05, 3.63) is 28.2 Å². The first-order valence-electron chi connectivity index (χ1n) is 7.73. The van der Waals surface area contributed by atoms with Crippen molar-refractivity contribution in [1.29, 1.82) is 0 Å². The van der Waals surface area contributed by atoms with Crippen molar-refractivity contribution < 1.29 is 13.2 Å². The summed E-state index contributed by atoms with van der Waals surface area (Å²) in [5.74, 6) is -0.0881. The number of carbonyl (C=O) groups excluding carboxylic acids is 1. The van der Waals surface area contributed by atoms with Gasteiger partial charge >= 0.3 is 0 Å². The average Bonchev–Trinajstić information content (AvgIpc) is 2.54. The minimum absolute atomic E-state index is 0.00196. The van der Waals surface area contributed by atoms with Gasteiger partial charge in [0.2, 0.25) is 15.9 Å². The second kappa shape index (κ2) is 8.49. The number of nitrogens with one attached hydrogen (secondary N) is 2. The molecule has 1 saturated heterocycles. The monoisotopic (exact) mass is 393 g/mol. The standard InChI is InChI=1S/C15H21Cl2N3O3S/c1-20(11-5-8-18-9-6-11)14(21)7-10-19-24(22,23)15-12(16)3-2-4-13(15)17/h2-4,11,18-19H,5-10H2,1H3. The van der Waals surface area contributed by atoms with Gasteiger partial charge in [0.15, 0.2) is 0 Å². The first-order valence-corrected chi connectivity index (χ1v) is 9.97. The van der Waals surface area contributed by atoms with E-state index in [4.69, 9.17) is 23.2 Å². The Morgan fingerprint density at radius 2 is 1.88 bits per heavy atom. The van der Waals surface area contributed by atoms with E-state index in [2.05, 4.69) is 10.0 Å². The molecule has 0 spiro atoms. The van der Waals surface area contributed by atoms with E-state index < -0.39 is 10.0 Å². The van der Waals surface area contributed by atoms with Crippen LogP contribution in [0.2, 0.25) is 10.0 Å². The zero-order chi connectivity index (χ0) is 17.7. The second-order valence-corrected chi connectivity index (χ2v) is 8.20. The molecule has 0 aliphatic carbocycles. The van der Waals surface area contributed by atoms with E-state index in [1.54, 1.807) is 18.0 Å². The van der Waals surface area contributed by atoms with E-state index in [-0.39, 0.29) is 39.9 Å². The lowest BCUT2D eigenvalue weighted by Crippen LogP contribution is -2.44. The summed E-state index contributed by atoms with van der Waals surface area (Å²) < 4.78 is 27.0. The highest BCUT2D eigenvalue weighted by Gasteiger charge is 2.24. The van der Waals surface area contributed by atoms with Crippen LogP contribution in [-0.2, 0) is 14.8 Å². The maximum atomic E-state index is 12.3. The Bertz CT molecular complexity index is 671. The van der Waals surface area contributed by atoms with Crippen molar-refractivity contribution in [2.75, 3.05) is 26.7 Å². The fraction of sp³-hybridized carbons (Fsp3) is 0.533. The van der Waals surface area contributed by atoms with Gasteiger partial charge in [0, 0.05) is 26.1 Å². The molecule has 0 saturated carbocycles. The summed E-state index contributed by atoms with van der Waals surface area (Å²) in [4.78, 5) is 13.8. The van der Waals surface area contributed by atoms with Crippen molar-refractivity contribution >= 4 is 39.1 Å². The van der Waals surface area contributed by atoms with Gasteiger partial charge in [-0.1, -0.05) is 29.3 Å². The predicted molar refractivity (Wildman–Crippen MR) is 94.9 cm³/mol. The lowest BCUT2D eigenvalue weighted by molar-refractivity contribution is -0.132.